The van der Waals surface area contributed by atoms with Gasteiger partial charge < -0.3 is 29.2 Å². The van der Waals surface area contributed by atoms with Gasteiger partial charge in [-0.25, -0.2) is 0 Å². The first kappa shape index (κ1) is 30.6. The van der Waals surface area contributed by atoms with Crippen LogP contribution in [0.3, 0.4) is 0 Å². The average molecular weight is 513 g/mol. The van der Waals surface area contributed by atoms with E-state index in [-0.39, 0.29) is 13.6 Å². The van der Waals surface area contributed by atoms with Crippen molar-refractivity contribution >= 4 is 0 Å². The molecule has 0 aliphatic heterocycles. The quantitative estimate of drug-likeness (QED) is 0.114. The number of benzene rings is 2. The van der Waals surface area contributed by atoms with Gasteiger partial charge in [0.2, 0.25) is 0 Å². The third-order valence-electron chi connectivity index (χ3n) is 6.02. The Morgan fingerprint density at radius 1 is 0.757 bits per heavy atom. The number of ether oxygens (including phenoxy) is 4. The van der Waals surface area contributed by atoms with E-state index >= 15 is 0 Å². The minimum absolute atomic E-state index is 0.307. The molecule has 0 bridgehead atoms. The second-order valence-electron chi connectivity index (χ2n) is 9.16. The highest BCUT2D eigenvalue weighted by molar-refractivity contribution is 5.70. The maximum Gasteiger partial charge on any atom is 0.143 e. The summed E-state index contributed by atoms with van der Waals surface area (Å²) in [6.45, 7) is 11.2. The van der Waals surface area contributed by atoms with Gasteiger partial charge in [0, 0.05) is 12.8 Å². The van der Waals surface area contributed by atoms with Crippen LogP contribution in [-0.4, -0.2) is 50.2 Å². The van der Waals surface area contributed by atoms with Crippen LogP contribution in [0.1, 0.15) is 57.4 Å². The SMILES string of the molecule is C=C(CCOc1cccc(-c2cc(OCCC(=C)COCO)ccc2CCCCCCC)c1)COCO. The summed E-state index contributed by atoms with van der Waals surface area (Å²) in [6.07, 6.45) is 8.52. The molecule has 2 rings (SSSR count). The standard InChI is InChI=1S/C31H44O6/c1-4-5-6-7-8-10-27-13-14-30(37-18-16-26(3)22-35-24-33)20-31(27)28-11-9-12-29(19-28)36-17-15-25(2)21-34-23-32/h9,11-14,19-20,32-33H,2-8,10,15-18,21-24H2,1H3. The van der Waals surface area contributed by atoms with Gasteiger partial charge in [-0.2, -0.15) is 0 Å². The molecule has 2 N–H and O–H groups in total. The van der Waals surface area contributed by atoms with E-state index in [2.05, 4.69) is 44.3 Å². The van der Waals surface area contributed by atoms with E-state index in [9.17, 15) is 0 Å². The van der Waals surface area contributed by atoms with Crippen LogP contribution in [-0.2, 0) is 15.9 Å². The fourth-order valence-electron chi connectivity index (χ4n) is 3.96. The molecule has 0 amide bonds. The Morgan fingerprint density at radius 3 is 2.00 bits per heavy atom. The maximum absolute atomic E-state index is 8.79. The zero-order chi connectivity index (χ0) is 26.7. The molecule has 0 radical (unpaired) electrons. The summed E-state index contributed by atoms with van der Waals surface area (Å²) in [5.74, 6) is 1.61. The van der Waals surface area contributed by atoms with E-state index in [0.717, 1.165) is 46.6 Å². The Bertz CT molecular complexity index is 939. The van der Waals surface area contributed by atoms with Gasteiger partial charge in [-0.1, -0.05) is 64.0 Å². The van der Waals surface area contributed by atoms with Crippen LogP contribution in [0, 0.1) is 0 Å². The molecule has 6 heteroatoms. The molecule has 204 valence electrons. The predicted molar refractivity (Wildman–Crippen MR) is 149 cm³/mol. The molecule has 0 saturated heterocycles. The zero-order valence-corrected chi connectivity index (χ0v) is 22.4. The highest BCUT2D eigenvalue weighted by atomic mass is 16.6. The van der Waals surface area contributed by atoms with E-state index < -0.39 is 0 Å². The third kappa shape index (κ3) is 12.4. The van der Waals surface area contributed by atoms with Crippen molar-refractivity contribution in [3.05, 3.63) is 72.3 Å². The molecule has 0 unspecified atom stereocenters. The molecule has 37 heavy (non-hydrogen) atoms. The summed E-state index contributed by atoms with van der Waals surface area (Å²) in [6, 6.07) is 14.5. The van der Waals surface area contributed by atoms with Crippen LogP contribution >= 0.6 is 0 Å². The van der Waals surface area contributed by atoms with Crippen molar-refractivity contribution in [2.45, 2.75) is 58.3 Å². The first-order valence-corrected chi connectivity index (χ1v) is 13.3. The van der Waals surface area contributed by atoms with Crippen LogP contribution in [0.2, 0.25) is 0 Å². The molecular formula is C31H44O6. The highest BCUT2D eigenvalue weighted by Crippen LogP contribution is 2.32. The Hall–Kier alpha value is -2.64. The van der Waals surface area contributed by atoms with E-state index in [1.807, 2.05) is 18.2 Å². The molecule has 0 aromatic heterocycles. The Kier molecular flexibility index (Phi) is 15.4. The molecule has 0 aliphatic rings. The zero-order valence-electron chi connectivity index (χ0n) is 22.4. The Morgan fingerprint density at radius 2 is 1.38 bits per heavy atom. The van der Waals surface area contributed by atoms with Crippen molar-refractivity contribution < 1.29 is 29.2 Å². The lowest BCUT2D eigenvalue weighted by atomic mass is 9.95. The van der Waals surface area contributed by atoms with Crippen LogP contribution in [0.15, 0.2) is 66.8 Å². The Balaban J connectivity index is 2.10. The molecule has 2 aromatic rings. The lowest BCUT2D eigenvalue weighted by Crippen LogP contribution is -2.04. The summed E-state index contributed by atoms with van der Waals surface area (Å²) in [4.78, 5) is 0. The van der Waals surface area contributed by atoms with Crippen molar-refractivity contribution in [1.29, 1.82) is 0 Å². The van der Waals surface area contributed by atoms with Gasteiger partial charge in [-0.15, -0.1) is 0 Å². The van der Waals surface area contributed by atoms with Gasteiger partial charge >= 0.3 is 0 Å². The van der Waals surface area contributed by atoms with Crippen molar-refractivity contribution in [3.63, 3.8) is 0 Å². The van der Waals surface area contributed by atoms with Crippen molar-refractivity contribution in [3.8, 4) is 22.6 Å². The number of unbranched alkanes of at least 4 members (excludes halogenated alkanes) is 4. The van der Waals surface area contributed by atoms with Gasteiger partial charge in [0.15, 0.2) is 0 Å². The minimum atomic E-state index is -0.307. The summed E-state index contributed by atoms with van der Waals surface area (Å²) < 4.78 is 22.0. The van der Waals surface area contributed by atoms with E-state index in [4.69, 9.17) is 29.2 Å². The molecular weight excluding hydrogens is 468 g/mol. The summed E-state index contributed by atoms with van der Waals surface area (Å²) >= 11 is 0. The van der Waals surface area contributed by atoms with E-state index in [1.165, 1.54) is 31.2 Å². The van der Waals surface area contributed by atoms with Crippen molar-refractivity contribution in [2.75, 3.05) is 40.0 Å². The molecule has 0 aliphatic carbocycles. The normalized spacial score (nSPS) is 10.9. The molecule has 0 atom stereocenters. The van der Waals surface area contributed by atoms with Gasteiger partial charge in [0.25, 0.3) is 0 Å². The largest absolute Gasteiger partial charge is 0.493 e. The highest BCUT2D eigenvalue weighted by Gasteiger charge is 2.10. The van der Waals surface area contributed by atoms with Gasteiger partial charge in [-0.05, 0) is 64.9 Å². The van der Waals surface area contributed by atoms with Crippen LogP contribution in [0.4, 0.5) is 0 Å². The fourth-order valence-corrected chi connectivity index (χ4v) is 3.96. The summed E-state index contributed by atoms with van der Waals surface area (Å²) in [5.41, 5.74) is 5.31. The summed E-state index contributed by atoms with van der Waals surface area (Å²) in [7, 11) is 0. The second-order valence-corrected chi connectivity index (χ2v) is 9.16. The fraction of sp³-hybridized carbons (Fsp3) is 0.484. The second kappa shape index (κ2) is 18.6. The average Bonchev–Trinajstić information content (AvgIpc) is 2.91. The van der Waals surface area contributed by atoms with Crippen LogP contribution in [0.5, 0.6) is 11.5 Å². The topological polar surface area (TPSA) is 77.4 Å². The van der Waals surface area contributed by atoms with Crippen LogP contribution < -0.4 is 9.47 Å². The van der Waals surface area contributed by atoms with E-state index in [0.29, 0.717) is 39.3 Å². The van der Waals surface area contributed by atoms with Crippen molar-refractivity contribution in [2.24, 2.45) is 0 Å². The minimum Gasteiger partial charge on any atom is -0.493 e. The third-order valence-corrected chi connectivity index (χ3v) is 6.02. The number of rotatable bonds is 21. The number of hydrogen-bond donors (Lipinski definition) is 2. The Labute approximate surface area is 222 Å². The molecule has 2 aromatic carbocycles. The lowest BCUT2D eigenvalue weighted by molar-refractivity contribution is 0.00874. The molecule has 0 fully saturated rings. The first-order chi connectivity index (χ1) is 18.1. The molecule has 6 nitrogen and oxygen atoms in total. The first-order valence-electron chi connectivity index (χ1n) is 13.3. The van der Waals surface area contributed by atoms with Gasteiger partial charge in [-0.3, -0.25) is 0 Å². The smallest absolute Gasteiger partial charge is 0.143 e. The number of aryl methyl sites for hydroxylation is 1. The number of aliphatic hydroxyl groups excluding tert-OH is 2. The summed E-state index contributed by atoms with van der Waals surface area (Å²) in [5, 5.41) is 17.6. The number of aliphatic hydroxyl groups is 2. The molecule has 0 spiro atoms. The predicted octanol–water partition coefficient (Wildman–Crippen LogP) is 6.45. The van der Waals surface area contributed by atoms with Crippen molar-refractivity contribution in [1.82, 2.24) is 0 Å². The van der Waals surface area contributed by atoms with Gasteiger partial charge in [0.1, 0.15) is 25.1 Å². The molecule has 0 heterocycles. The van der Waals surface area contributed by atoms with Gasteiger partial charge in [0.05, 0.1) is 26.4 Å². The van der Waals surface area contributed by atoms with E-state index in [1.54, 1.807) is 0 Å². The monoisotopic (exact) mass is 512 g/mol. The number of hydrogen-bond acceptors (Lipinski definition) is 6. The van der Waals surface area contributed by atoms with Crippen LogP contribution in [0.25, 0.3) is 11.1 Å². The molecule has 0 saturated carbocycles. The maximum atomic E-state index is 8.79. The lowest BCUT2D eigenvalue weighted by Gasteiger charge is -2.15.